The molecule has 0 fully saturated rings. The van der Waals surface area contributed by atoms with Crippen LogP contribution in [-0.4, -0.2) is 33.0 Å². The number of halogens is 1. The van der Waals surface area contributed by atoms with Gasteiger partial charge in [0.1, 0.15) is 18.3 Å². The standard InChI is InChI=1S/C15H21ClN4O/c1-3-15(4-2,9-21)8-18-13-7-5-6-12(16)14(13)20-11-17-10-19-20/h5-7,10-11,18,21H,3-4,8-9H2,1-2H3. The molecule has 5 nitrogen and oxygen atoms in total. The van der Waals surface area contributed by atoms with E-state index in [1.54, 1.807) is 11.0 Å². The van der Waals surface area contributed by atoms with Gasteiger partial charge in [-0.3, -0.25) is 0 Å². The van der Waals surface area contributed by atoms with E-state index >= 15 is 0 Å². The monoisotopic (exact) mass is 308 g/mol. The minimum Gasteiger partial charge on any atom is -0.396 e. The van der Waals surface area contributed by atoms with E-state index in [-0.39, 0.29) is 12.0 Å². The van der Waals surface area contributed by atoms with Gasteiger partial charge in [-0.1, -0.05) is 31.5 Å². The van der Waals surface area contributed by atoms with Crippen LogP contribution in [0.15, 0.2) is 30.9 Å². The molecule has 0 radical (unpaired) electrons. The van der Waals surface area contributed by atoms with Crippen LogP contribution in [0.2, 0.25) is 5.02 Å². The Labute approximate surface area is 130 Å². The lowest BCUT2D eigenvalue weighted by Crippen LogP contribution is -2.32. The molecular weight excluding hydrogens is 288 g/mol. The van der Waals surface area contributed by atoms with Gasteiger partial charge in [0.25, 0.3) is 0 Å². The number of rotatable bonds is 7. The SMILES string of the molecule is CCC(CC)(CO)CNc1cccc(Cl)c1-n1cncn1. The van der Waals surface area contributed by atoms with Crippen LogP contribution in [-0.2, 0) is 0 Å². The summed E-state index contributed by atoms with van der Waals surface area (Å²) < 4.78 is 1.64. The predicted molar refractivity (Wildman–Crippen MR) is 85.0 cm³/mol. The van der Waals surface area contributed by atoms with Gasteiger partial charge >= 0.3 is 0 Å². The molecule has 1 heterocycles. The average Bonchev–Trinajstić information content (AvgIpc) is 3.03. The van der Waals surface area contributed by atoms with E-state index < -0.39 is 0 Å². The average molecular weight is 309 g/mol. The van der Waals surface area contributed by atoms with Crippen LogP contribution in [0.3, 0.4) is 0 Å². The van der Waals surface area contributed by atoms with Gasteiger partial charge in [0.2, 0.25) is 0 Å². The summed E-state index contributed by atoms with van der Waals surface area (Å²) in [6.45, 7) is 5.03. The van der Waals surface area contributed by atoms with Gasteiger partial charge in [-0.2, -0.15) is 5.10 Å². The lowest BCUT2D eigenvalue weighted by Gasteiger charge is -2.30. The van der Waals surface area contributed by atoms with Crippen molar-refractivity contribution in [3.8, 4) is 5.69 Å². The first-order chi connectivity index (χ1) is 10.2. The largest absolute Gasteiger partial charge is 0.396 e. The lowest BCUT2D eigenvalue weighted by molar-refractivity contribution is 0.127. The lowest BCUT2D eigenvalue weighted by atomic mass is 9.83. The van der Waals surface area contributed by atoms with Gasteiger partial charge in [0.05, 0.1) is 17.3 Å². The van der Waals surface area contributed by atoms with E-state index in [4.69, 9.17) is 11.6 Å². The topological polar surface area (TPSA) is 63.0 Å². The summed E-state index contributed by atoms with van der Waals surface area (Å²) in [4.78, 5) is 3.96. The van der Waals surface area contributed by atoms with Crippen molar-refractivity contribution in [1.82, 2.24) is 14.8 Å². The second-order valence-corrected chi connectivity index (χ2v) is 5.60. The van der Waals surface area contributed by atoms with Gasteiger partial charge < -0.3 is 10.4 Å². The van der Waals surface area contributed by atoms with Crippen LogP contribution in [0.25, 0.3) is 5.69 Å². The summed E-state index contributed by atoms with van der Waals surface area (Å²) in [5.41, 5.74) is 1.53. The molecule has 2 rings (SSSR count). The van der Waals surface area contributed by atoms with E-state index in [0.29, 0.717) is 11.6 Å². The van der Waals surface area contributed by atoms with Crippen LogP contribution >= 0.6 is 11.6 Å². The summed E-state index contributed by atoms with van der Waals surface area (Å²) in [6, 6.07) is 5.67. The Morgan fingerprint density at radius 1 is 1.33 bits per heavy atom. The number of aliphatic hydroxyl groups excluding tert-OH is 1. The highest BCUT2D eigenvalue weighted by atomic mass is 35.5. The fraction of sp³-hybridized carbons (Fsp3) is 0.467. The first-order valence-electron chi connectivity index (χ1n) is 7.14. The van der Waals surface area contributed by atoms with Gasteiger partial charge in [-0.05, 0) is 25.0 Å². The molecule has 0 amide bonds. The number of benzene rings is 1. The van der Waals surface area contributed by atoms with Gasteiger partial charge in [-0.15, -0.1) is 0 Å². The van der Waals surface area contributed by atoms with Crippen molar-refractivity contribution >= 4 is 17.3 Å². The van der Waals surface area contributed by atoms with Crippen molar-refractivity contribution in [1.29, 1.82) is 0 Å². The van der Waals surface area contributed by atoms with Crippen molar-refractivity contribution in [3.05, 3.63) is 35.9 Å². The van der Waals surface area contributed by atoms with E-state index in [2.05, 4.69) is 29.2 Å². The number of para-hydroxylation sites is 1. The van der Waals surface area contributed by atoms with Crippen molar-refractivity contribution in [2.45, 2.75) is 26.7 Å². The molecule has 0 unspecified atom stereocenters. The number of anilines is 1. The summed E-state index contributed by atoms with van der Waals surface area (Å²) >= 11 is 6.29. The molecule has 6 heteroatoms. The second kappa shape index (κ2) is 6.91. The molecule has 21 heavy (non-hydrogen) atoms. The normalized spacial score (nSPS) is 11.6. The maximum Gasteiger partial charge on any atom is 0.138 e. The zero-order valence-electron chi connectivity index (χ0n) is 12.4. The fourth-order valence-electron chi connectivity index (χ4n) is 2.28. The van der Waals surface area contributed by atoms with E-state index in [1.807, 2.05) is 18.2 Å². The third kappa shape index (κ3) is 3.36. The Balaban J connectivity index is 2.27. The molecule has 0 saturated heterocycles. The Kier molecular flexibility index (Phi) is 5.20. The maximum atomic E-state index is 9.67. The number of nitrogens with zero attached hydrogens (tertiary/aromatic N) is 3. The van der Waals surface area contributed by atoms with Crippen molar-refractivity contribution in [2.75, 3.05) is 18.5 Å². The molecule has 1 aromatic heterocycles. The summed E-state index contributed by atoms with van der Waals surface area (Å²) in [6.07, 6.45) is 4.91. The number of aliphatic hydroxyl groups is 1. The van der Waals surface area contributed by atoms with E-state index in [0.717, 1.165) is 24.2 Å². The predicted octanol–water partition coefficient (Wildman–Crippen LogP) is 3.13. The molecule has 0 aliphatic rings. The molecule has 114 valence electrons. The molecular formula is C15H21ClN4O. The molecule has 0 bridgehead atoms. The Morgan fingerprint density at radius 2 is 2.10 bits per heavy atom. The molecule has 0 aliphatic carbocycles. The summed E-state index contributed by atoms with van der Waals surface area (Å²) in [5.74, 6) is 0. The highest BCUT2D eigenvalue weighted by Gasteiger charge is 2.25. The Hall–Kier alpha value is -1.59. The quantitative estimate of drug-likeness (QED) is 0.825. The Morgan fingerprint density at radius 3 is 2.67 bits per heavy atom. The first kappa shape index (κ1) is 15.8. The molecule has 2 N–H and O–H groups in total. The second-order valence-electron chi connectivity index (χ2n) is 5.19. The Bertz CT molecular complexity index is 559. The summed E-state index contributed by atoms with van der Waals surface area (Å²) in [7, 11) is 0. The third-order valence-corrected chi connectivity index (χ3v) is 4.43. The molecule has 0 atom stereocenters. The minimum atomic E-state index is -0.123. The molecule has 2 aromatic rings. The summed E-state index contributed by atoms with van der Waals surface area (Å²) in [5, 5.41) is 17.8. The van der Waals surface area contributed by atoms with Crippen LogP contribution in [0.4, 0.5) is 5.69 Å². The highest BCUT2D eigenvalue weighted by Crippen LogP contribution is 2.31. The smallest absolute Gasteiger partial charge is 0.138 e. The zero-order chi connectivity index (χ0) is 15.3. The molecule has 0 saturated carbocycles. The molecule has 1 aromatic carbocycles. The van der Waals surface area contributed by atoms with Gasteiger partial charge in [0, 0.05) is 12.0 Å². The third-order valence-electron chi connectivity index (χ3n) is 4.12. The number of nitrogens with one attached hydrogen (secondary N) is 1. The van der Waals surface area contributed by atoms with Gasteiger partial charge in [-0.25, -0.2) is 9.67 Å². The number of hydrogen-bond acceptors (Lipinski definition) is 4. The van der Waals surface area contributed by atoms with Crippen LogP contribution in [0, 0.1) is 5.41 Å². The van der Waals surface area contributed by atoms with Crippen LogP contribution in [0.1, 0.15) is 26.7 Å². The number of hydrogen-bond donors (Lipinski definition) is 2. The zero-order valence-corrected chi connectivity index (χ0v) is 13.1. The van der Waals surface area contributed by atoms with E-state index in [1.165, 1.54) is 6.33 Å². The van der Waals surface area contributed by atoms with Crippen molar-refractivity contribution < 1.29 is 5.11 Å². The number of aromatic nitrogens is 3. The highest BCUT2D eigenvalue weighted by molar-refractivity contribution is 6.33. The maximum absolute atomic E-state index is 9.67. The first-order valence-corrected chi connectivity index (χ1v) is 7.52. The van der Waals surface area contributed by atoms with Gasteiger partial charge in [0.15, 0.2) is 0 Å². The molecule has 0 spiro atoms. The van der Waals surface area contributed by atoms with Crippen molar-refractivity contribution in [3.63, 3.8) is 0 Å². The fourth-order valence-corrected chi connectivity index (χ4v) is 2.54. The van der Waals surface area contributed by atoms with E-state index in [9.17, 15) is 5.11 Å². The minimum absolute atomic E-state index is 0.123. The van der Waals surface area contributed by atoms with Crippen LogP contribution < -0.4 is 5.32 Å². The van der Waals surface area contributed by atoms with Crippen LogP contribution in [0.5, 0.6) is 0 Å². The van der Waals surface area contributed by atoms with Crippen molar-refractivity contribution in [2.24, 2.45) is 5.41 Å². The molecule has 0 aliphatic heterocycles.